The van der Waals surface area contributed by atoms with Crippen molar-refractivity contribution in [3.63, 3.8) is 0 Å². The third-order valence-electron chi connectivity index (χ3n) is 3.38. The average Bonchev–Trinajstić information content (AvgIpc) is 2.90. The zero-order chi connectivity index (χ0) is 17.9. The molecule has 1 N–H and O–H groups in total. The molecule has 0 saturated carbocycles. The maximum absolute atomic E-state index is 12.5. The standard InChI is InChI=1S/C16H19BrN4O3/c1-16(2,3)24-15(23)21-9-10(8-18)7-11(21)14(22)20-13-6-4-5-12(17)19-13/h4-6,10-11H,7,9H2,1-3H3,(H,19,20,22)/t10-,11+/m1/s1. The van der Waals surface area contributed by atoms with Crippen LogP contribution in [-0.4, -0.2) is 40.1 Å². The van der Waals surface area contributed by atoms with Gasteiger partial charge in [0.2, 0.25) is 5.91 Å². The monoisotopic (exact) mass is 394 g/mol. The number of nitriles is 1. The molecule has 2 rings (SSSR count). The van der Waals surface area contributed by atoms with Gasteiger partial charge in [0, 0.05) is 6.54 Å². The van der Waals surface area contributed by atoms with Gasteiger partial charge in [0.05, 0.1) is 12.0 Å². The molecule has 7 nitrogen and oxygen atoms in total. The van der Waals surface area contributed by atoms with Crippen molar-refractivity contribution >= 4 is 33.7 Å². The summed E-state index contributed by atoms with van der Waals surface area (Å²) in [5, 5.41) is 11.8. The molecule has 24 heavy (non-hydrogen) atoms. The van der Waals surface area contributed by atoms with Crippen molar-refractivity contribution < 1.29 is 14.3 Å². The number of amides is 2. The third kappa shape index (κ3) is 4.68. The minimum atomic E-state index is -0.759. The molecular formula is C16H19BrN4O3. The smallest absolute Gasteiger partial charge is 0.411 e. The summed E-state index contributed by atoms with van der Waals surface area (Å²) in [6.07, 6.45) is -0.321. The van der Waals surface area contributed by atoms with Crippen LogP contribution < -0.4 is 5.32 Å². The Morgan fingerprint density at radius 1 is 1.46 bits per heavy atom. The van der Waals surface area contributed by atoms with Gasteiger partial charge in [-0.1, -0.05) is 6.07 Å². The van der Waals surface area contributed by atoms with Gasteiger partial charge in [-0.15, -0.1) is 0 Å². The fourth-order valence-electron chi connectivity index (χ4n) is 2.39. The van der Waals surface area contributed by atoms with Crippen molar-refractivity contribution in [2.75, 3.05) is 11.9 Å². The predicted octanol–water partition coefficient (Wildman–Crippen LogP) is 2.93. The van der Waals surface area contributed by atoms with E-state index in [2.05, 4.69) is 32.3 Å². The lowest BCUT2D eigenvalue weighted by Crippen LogP contribution is -2.45. The maximum atomic E-state index is 12.5. The van der Waals surface area contributed by atoms with Crippen molar-refractivity contribution in [3.05, 3.63) is 22.8 Å². The molecule has 0 radical (unpaired) electrons. The molecule has 0 spiro atoms. The molecule has 0 aliphatic carbocycles. The molecule has 1 aromatic heterocycles. The quantitative estimate of drug-likeness (QED) is 0.777. The van der Waals surface area contributed by atoms with Crippen LogP contribution in [0.25, 0.3) is 0 Å². The summed E-state index contributed by atoms with van der Waals surface area (Å²) in [5.74, 6) is -0.410. The first-order valence-corrected chi connectivity index (χ1v) is 8.31. The number of pyridine rings is 1. The van der Waals surface area contributed by atoms with E-state index in [1.807, 2.05) is 0 Å². The van der Waals surface area contributed by atoms with E-state index in [-0.39, 0.29) is 18.9 Å². The summed E-state index contributed by atoms with van der Waals surface area (Å²) in [7, 11) is 0. The van der Waals surface area contributed by atoms with E-state index in [0.717, 1.165) is 0 Å². The van der Waals surface area contributed by atoms with Gasteiger partial charge in [-0.2, -0.15) is 5.26 Å². The highest BCUT2D eigenvalue weighted by Crippen LogP contribution is 2.26. The minimum Gasteiger partial charge on any atom is -0.444 e. The van der Waals surface area contributed by atoms with Crippen molar-refractivity contribution in [1.82, 2.24) is 9.88 Å². The molecule has 2 amide bonds. The van der Waals surface area contributed by atoms with Gasteiger partial charge in [0.25, 0.3) is 0 Å². The Labute approximate surface area is 149 Å². The fourth-order valence-corrected chi connectivity index (χ4v) is 2.73. The number of hydrogen-bond acceptors (Lipinski definition) is 5. The number of rotatable bonds is 2. The molecule has 2 heterocycles. The summed E-state index contributed by atoms with van der Waals surface area (Å²) in [6, 6.07) is 6.49. The van der Waals surface area contributed by atoms with Gasteiger partial charge in [-0.25, -0.2) is 9.78 Å². The molecule has 0 bridgehead atoms. The summed E-state index contributed by atoms with van der Waals surface area (Å²) >= 11 is 3.23. The van der Waals surface area contributed by atoms with E-state index in [1.165, 1.54) is 4.90 Å². The summed E-state index contributed by atoms with van der Waals surface area (Å²) < 4.78 is 5.93. The molecule has 8 heteroatoms. The van der Waals surface area contributed by atoms with Crippen LogP contribution in [0.15, 0.2) is 22.8 Å². The number of halogens is 1. The van der Waals surface area contributed by atoms with Crippen LogP contribution in [0.3, 0.4) is 0 Å². The number of carbonyl (C=O) groups excluding carboxylic acids is 2. The van der Waals surface area contributed by atoms with E-state index < -0.39 is 23.7 Å². The van der Waals surface area contributed by atoms with Crippen LogP contribution in [0, 0.1) is 17.2 Å². The molecule has 1 aliphatic rings. The Morgan fingerprint density at radius 3 is 2.75 bits per heavy atom. The third-order valence-corrected chi connectivity index (χ3v) is 3.82. The number of aromatic nitrogens is 1. The summed E-state index contributed by atoms with van der Waals surface area (Å²) in [4.78, 5) is 30.3. The van der Waals surface area contributed by atoms with Gasteiger partial charge in [-0.05, 0) is 55.3 Å². The SMILES string of the molecule is CC(C)(C)OC(=O)N1C[C@@H](C#N)C[C@H]1C(=O)Nc1cccc(Br)n1. The second kappa shape index (κ2) is 7.18. The minimum absolute atomic E-state index is 0.176. The number of anilines is 1. The van der Waals surface area contributed by atoms with E-state index in [0.29, 0.717) is 10.4 Å². The number of ether oxygens (including phenoxy) is 1. The molecule has 0 aromatic carbocycles. The van der Waals surface area contributed by atoms with Crippen LogP contribution in [0.5, 0.6) is 0 Å². The van der Waals surface area contributed by atoms with Gasteiger partial charge < -0.3 is 10.1 Å². The van der Waals surface area contributed by atoms with E-state index in [9.17, 15) is 9.59 Å². The Kier molecular flexibility index (Phi) is 5.44. The second-order valence-corrected chi connectivity index (χ2v) is 7.36. The zero-order valence-corrected chi connectivity index (χ0v) is 15.3. The van der Waals surface area contributed by atoms with Crippen molar-refractivity contribution in [3.8, 4) is 6.07 Å². The maximum Gasteiger partial charge on any atom is 0.411 e. The fraction of sp³-hybridized carbons (Fsp3) is 0.500. The predicted molar refractivity (Wildman–Crippen MR) is 91.0 cm³/mol. The molecule has 2 atom stereocenters. The van der Waals surface area contributed by atoms with Crippen LogP contribution in [0.2, 0.25) is 0 Å². The number of carbonyl (C=O) groups is 2. The first-order chi connectivity index (χ1) is 11.2. The Morgan fingerprint density at radius 2 is 2.17 bits per heavy atom. The van der Waals surface area contributed by atoms with Crippen LogP contribution in [-0.2, 0) is 9.53 Å². The highest BCUT2D eigenvalue weighted by molar-refractivity contribution is 9.10. The van der Waals surface area contributed by atoms with Crippen LogP contribution >= 0.6 is 15.9 Å². The molecule has 0 unspecified atom stereocenters. The highest BCUT2D eigenvalue weighted by atomic mass is 79.9. The molecule has 1 aromatic rings. The number of likely N-dealkylation sites (tertiary alicyclic amines) is 1. The lowest BCUT2D eigenvalue weighted by atomic mass is 10.1. The van der Waals surface area contributed by atoms with E-state index in [1.54, 1.807) is 39.0 Å². The van der Waals surface area contributed by atoms with Gasteiger partial charge in [0.15, 0.2) is 0 Å². The molecule has 1 aliphatic heterocycles. The first kappa shape index (κ1) is 18.2. The van der Waals surface area contributed by atoms with E-state index in [4.69, 9.17) is 10.00 Å². The average molecular weight is 395 g/mol. The van der Waals surface area contributed by atoms with Crippen molar-refractivity contribution in [1.29, 1.82) is 5.26 Å². The van der Waals surface area contributed by atoms with E-state index >= 15 is 0 Å². The number of hydrogen-bond donors (Lipinski definition) is 1. The Hall–Kier alpha value is -2.14. The highest BCUT2D eigenvalue weighted by Gasteiger charge is 2.41. The van der Waals surface area contributed by atoms with Crippen LogP contribution in [0.4, 0.5) is 10.6 Å². The van der Waals surface area contributed by atoms with Gasteiger partial charge in [-0.3, -0.25) is 9.69 Å². The van der Waals surface area contributed by atoms with Gasteiger partial charge in [0.1, 0.15) is 22.1 Å². The van der Waals surface area contributed by atoms with Crippen molar-refractivity contribution in [2.24, 2.45) is 5.92 Å². The molecule has 128 valence electrons. The largest absolute Gasteiger partial charge is 0.444 e. The lowest BCUT2D eigenvalue weighted by Gasteiger charge is -2.27. The summed E-state index contributed by atoms with van der Waals surface area (Å²) in [5.41, 5.74) is -0.672. The second-order valence-electron chi connectivity index (χ2n) is 6.55. The normalized spacial score (nSPS) is 20.4. The molecule has 1 fully saturated rings. The molecule has 1 saturated heterocycles. The molecular weight excluding hydrogens is 376 g/mol. The number of nitrogens with one attached hydrogen (secondary N) is 1. The first-order valence-electron chi connectivity index (χ1n) is 7.52. The van der Waals surface area contributed by atoms with Gasteiger partial charge >= 0.3 is 6.09 Å². The van der Waals surface area contributed by atoms with Crippen molar-refractivity contribution in [2.45, 2.75) is 38.8 Å². The number of nitrogens with zero attached hydrogens (tertiary/aromatic N) is 3. The lowest BCUT2D eigenvalue weighted by molar-refractivity contribution is -0.120. The zero-order valence-electron chi connectivity index (χ0n) is 13.7. The van der Waals surface area contributed by atoms with Crippen LogP contribution in [0.1, 0.15) is 27.2 Å². The topological polar surface area (TPSA) is 95.3 Å². The Balaban J connectivity index is 2.14. The Bertz CT molecular complexity index is 681. The summed E-state index contributed by atoms with van der Waals surface area (Å²) in [6.45, 7) is 5.44.